The highest BCUT2D eigenvalue weighted by Gasteiger charge is 2.01. The van der Waals surface area contributed by atoms with Crippen LogP contribution in [-0.2, 0) is 4.79 Å². The fraction of sp³-hybridized carbons (Fsp3) is 0.111. The SMILES string of the molecule is C#CCN(C=O)c1ccccn1. The number of nitrogens with zero attached hydrogens (tertiary/aromatic N) is 2. The molecule has 0 aliphatic rings. The van der Waals surface area contributed by atoms with E-state index in [-0.39, 0.29) is 6.54 Å². The molecular formula is C9H8N2O. The zero-order chi connectivity index (χ0) is 8.81. The van der Waals surface area contributed by atoms with Crippen molar-refractivity contribution in [3.63, 3.8) is 0 Å². The molecule has 0 radical (unpaired) electrons. The maximum Gasteiger partial charge on any atom is 0.216 e. The van der Waals surface area contributed by atoms with Crippen molar-refractivity contribution in [3.8, 4) is 12.3 Å². The lowest BCUT2D eigenvalue weighted by atomic mass is 10.4. The Bertz CT molecular complexity index is 289. The standard InChI is InChI=1S/C9H8N2O/c1-2-7-11(8-12)9-5-3-4-6-10-9/h1,3-6,8H,7H2. The van der Waals surface area contributed by atoms with E-state index in [1.165, 1.54) is 4.90 Å². The van der Waals surface area contributed by atoms with Gasteiger partial charge in [0, 0.05) is 6.20 Å². The van der Waals surface area contributed by atoms with Gasteiger partial charge in [0.15, 0.2) is 0 Å². The lowest BCUT2D eigenvalue weighted by molar-refractivity contribution is -0.107. The van der Waals surface area contributed by atoms with E-state index in [0.29, 0.717) is 12.2 Å². The molecule has 0 saturated heterocycles. The fourth-order valence-electron chi connectivity index (χ4n) is 0.794. The number of aromatic nitrogens is 1. The number of carbonyl (C=O) groups excluding carboxylic acids is 1. The minimum atomic E-state index is 0.251. The van der Waals surface area contributed by atoms with Crippen molar-refractivity contribution in [1.82, 2.24) is 4.98 Å². The Morgan fingerprint density at radius 2 is 2.50 bits per heavy atom. The minimum absolute atomic E-state index is 0.251. The lowest BCUT2D eigenvalue weighted by Gasteiger charge is -2.11. The number of terminal acetylenes is 1. The Labute approximate surface area is 71.0 Å². The molecule has 3 heteroatoms. The van der Waals surface area contributed by atoms with Crippen molar-refractivity contribution in [2.45, 2.75) is 0 Å². The van der Waals surface area contributed by atoms with E-state index < -0.39 is 0 Å². The van der Waals surface area contributed by atoms with Crippen molar-refractivity contribution in [1.29, 1.82) is 0 Å². The van der Waals surface area contributed by atoms with Gasteiger partial charge in [-0.2, -0.15) is 0 Å². The fourth-order valence-corrected chi connectivity index (χ4v) is 0.794. The van der Waals surface area contributed by atoms with Crippen LogP contribution in [0.15, 0.2) is 24.4 Å². The molecular weight excluding hydrogens is 152 g/mol. The van der Waals surface area contributed by atoms with Crippen LogP contribution in [0.25, 0.3) is 0 Å². The summed E-state index contributed by atoms with van der Waals surface area (Å²) >= 11 is 0. The van der Waals surface area contributed by atoms with E-state index in [9.17, 15) is 4.79 Å². The summed E-state index contributed by atoms with van der Waals surface area (Å²) in [5.74, 6) is 2.95. The molecule has 0 spiro atoms. The third kappa shape index (κ3) is 1.83. The maximum atomic E-state index is 10.5. The van der Waals surface area contributed by atoms with E-state index >= 15 is 0 Å². The smallest absolute Gasteiger partial charge is 0.216 e. The molecule has 0 bridgehead atoms. The van der Waals surface area contributed by atoms with Gasteiger partial charge in [0.25, 0.3) is 0 Å². The Balaban J connectivity index is 2.81. The number of rotatable bonds is 3. The summed E-state index contributed by atoms with van der Waals surface area (Å²) in [5.41, 5.74) is 0. The van der Waals surface area contributed by atoms with Crippen LogP contribution in [-0.4, -0.2) is 17.9 Å². The molecule has 0 atom stereocenters. The van der Waals surface area contributed by atoms with Crippen LogP contribution in [0.1, 0.15) is 0 Å². The highest BCUT2D eigenvalue weighted by Crippen LogP contribution is 2.05. The molecule has 0 unspecified atom stereocenters. The summed E-state index contributed by atoms with van der Waals surface area (Å²) < 4.78 is 0. The number of anilines is 1. The van der Waals surface area contributed by atoms with Crippen LogP contribution >= 0.6 is 0 Å². The van der Waals surface area contributed by atoms with Crippen molar-refractivity contribution in [2.24, 2.45) is 0 Å². The average molecular weight is 160 g/mol. The van der Waals surface area contributed by atoms with Gasteiger partial charge in [-0.25, -0.2) is 4.98 Å². The molecule has 0 saturated carbocycles. The van der Waals surface area contributed by atoms with Gasteiger partial charge in [0.1, 0.15) is 5.82 Å². The normalized spacial score (nSPS) is 8.58. The molecule has 1 amide bonds. The summed E-state index contributed by atoms with van der Waals surface area (Å²) in [6.07, 6.45) is 7.35. The van der Waals surface area contributed by atoms with Gasteiger partial charge in [-0.3, -0.25) is 9.69 Å². The van der Waals surface area contributed by atoms with Crippen LogP contribution in [0.3, 0.4) is 0 Å². The van der Waals surface area contributed by atoms with Gasteiger partial charge >= 0.3 is 0 Å². The molecule has 0 N–H and O–H groups in total. The summed E-state index contributed by atoms with van der Waals surface area (Å²) in [6.45, 7) is 0.251. The highest BCUT2D eigenvalue weighted by atomic mass is 16.1. The first-order chi connectivity index (χ1) is 5.88. The monoisotopic (exact) mass is 160 g/mol. The van der Waals surface area contributed by atoms with Gasteiger partial charge in [0.05, 0.1) is 6.54 Å². The molecule has 12 heavy (non-hydrogen) atoms. The van der Waals surface area contributed by atoms with Crippen molar-refractivity contribution in [3.05, 3.63) is 24.4 Å². The summed E-state index contributed by atoms with van der Waals surface area (Å²) in [4.78, 5) is 15.8. The zero-order valence-corrected chi connectivity index (χ0v) is 6.47. The second-order valence-corrected chi connectivity index (χ2v) is 2.13. The molecule has 0 aliphatic carbocycles. The Hall–Kier alpha value is -1.82. The van der Waals surface area contributed by atoms with Gasteiger partial charge < -0.3 is 0 Å². The zero-order valence-electron chi connectivity index (χ0n) is 6.47. The molecule has 1 aromatic rings. The summed E-state index contributed by atoms with van der Waals surface area (Å²) in [6, 6.07) is 5.31. The molecule has 1 aromatic heterocycles. The van der Waals surface area contributed by atoms with E-state index in [0.717, 1.165) is 0 Å². The highest BCUT2D eigenvalue weighted by molar-refractivity contribution is 5.73. The van der Waals surface area contributed by atoms with Crippen LogP contribution in [0, 0.1) is 12.3 Å². The van der Waals surface area contributed by atoms with E-state index in [2.05, 4.69) is 10.9 Å². The topological polar surface area (TPSA) is 33.2 Å². The van der Waals surface area contributed by atoms with Crippen molar-refractivity contribution < 1.29 is 4.79 Å². The molecule has 1 heterocycles. The van der Waals surface area contributed by atoms with E-state index in [1.54, 1.807) is 24.4 Å². The number of hydrogen-bond donors (Lipinski definition) is 0. The largest absolute Gasteiger partial charge is 0.288 e. The molecule has 60 valence electrons. The van der Waals surface area contributed by atoms with Crippen LogP contribution in [0.2, 0.25) is 0 Å². The van der Waals surface area contributed by atoms with Crippen molar-refractivity contribution in [2.75, 3.05) is 11.4 Å². The average Bonchev–Trinajstić information content (AvgIpc) is 2.15. The third-order valence-electron chi connectivity index (χ3n) is 1.33. The van der Waals surface area contributed by atoms with Gasteiger partial charge in [0.2, 0.25) is 6.41 Å². The summed E-state index contributed by atoms with van der Waals surface area (Å²) in [5, 5.41) is 0. The van der Waals surface area contributed by atoms with Gasteiger partial charge in [-0.05, 0) is 12.1 Å². The number of pyridine rings is 1. The lowest BCUT2D eigenvalue weighted by Crippen LogP contribution is -2.21. The molecule has 0 fully saturated rings. The number of hydrogen-bond acceptors (Lipinski definition) is 2. The van der Waals surface area contributed by atoms with Gasteiger partial charge in [-0.1, -0.05) is 12.0 Å². The second-order valence-electron chi connectivity index (χ2n) is 2.13. The van der Waals surface area contributed by atoms with Crippen molar-refractivity contribution >= 4 is 12.2 Å². The first-order valence-corrected chi connectivity index (χ1v) is 3.45. The van der Waals surface area contributed by atoms with E-state index in [4.69, 9.17) is 6.42 Å². The number of carbonyl (C=O) groups is 1. The van der Waals surface area contributed by atoms with Crippen LogP contribution in [0.4, 0.5) is 5.82 Å². The second kappa shape index (κ2) is 4.14. The predicted octanol–water partition coefficient (Wildman–Crippen LogP) is 0.678. The first-order valence-electron chi connectivity index (χ1n) is 3.45. The first kappa shape index (κ1) is 8.28. The third-order valence-corrected chi connectivity index (χ3v) is 1.33. The predicted molar refractivity (Wildman–Crippen MR) is 46.5 cm³/mol. The number of amides is 1. The molecule has 0 aliphatic heterocycles. The quantitative estimate of drug-likeness (QED) is 0.481. The molecule has 0 aromatic carbocycles. The molecule has 1 rings (SSSR count). The molecule has 3 nitrogen and oxygen atoms in total. The summed E-state index contributed by atoms with van der Waals surface area (Å²) in [7, 11) is 0. The Morgan fingerprint density at radius 3 is 3.00 bits per heavy atom. The maximum absolute atomic E-state index is 10.5. The Morgan fingerprint density at radius 1 is 1.67 bits per heavy atom. The van der Waals surface area contributed by atoms with Crippen LogP contribution in [0.5, 0.6) is 0 Å². The Kier molecular flexibility index (Phi) is 2.86. The van der Waals surface area contributed by atoms with Crippen LogP contribution < -0.4 is 4.90 Å². The van der Waals surface area contributed by atoms with Gasteiger partial charge in [-0.15, -0.1) is 6.42 Å². The minimum Gasteiger partial charge on any atom is -0.288 e. The van der Waals surface area contributed by atoms with E-state index in [1.807, 2.05) is 0 Å².